The molecule has 2 aromatic rings. The molecule has 100 valence electrons. The van der Waals surface area contributed by atoms with Crippen LogP contribution >= 0.6 is 43.5 Å². The Morgan fingerprint density at radius 3 is 2.58 bits per heavy atom. The normalized spacial score (nSPS) is 12.5. The summed E-state index contributed by atoms with van der Waals surface area (Å²) in [5, 5.41) is 10.3. The lowest BCUT2D eigenvalue weighted by molar-refractivity contribution is 0.177. The van der Waals surface area contributed by atoms with Crippen LogP contribution in [-0.2, 0) is 6.42 Å². The van der Waals surface area contributed by atoms with Gasteiger partial charge in [0, 0.05) is 15.4 Å². The number of benzene rings is 2. The lowest BCUT2D eigenvalue weighted by Crippen LogP contribution is -2.03. The Labute approximate surface area is 132 Å². The molecule has 5 heteroatoms. The van der Waals surface area contributed by atoms with Gasteiger partial charge in [-0.25, -0.2) is 4.39 Å². The average Bonchev–Trinajstić information content (AvgIpc) is 2.36. The van der Waals surface area contributed by atoms with Crippen molar-refractivity contribution in [2.45, 2.75) is 12.5 Å². The molecule has 2 rings (SSSR count). The maximum Gasteiger partial charge on any atom is 0.141 e. The second-order valence-electron chi connectivity index (χ2n) is 4.13. The van der Waals surface area contributed by atoms with Gasteiger partial charge in [-0.1, -0.05) is 49.5 Å². The summed E-state index contributed by atoms with van der Waals surface area (Å²) in [6.07, 6.45) is -0.317. The minimum atomic E-state index is -0.687. The molecule has 0 saturated heterocycles. The van der Waals surface area contributed by atoms with E-state index in [1.807, 2.05) is 18.2 Å². The van der Waals surface area contributed by atoms with Gasteiger partial charge in [0.2, 0.25) is 0 Å². The van der Waals surface area contributed by atoms with E-state index in [1.165, 1.54) is 12.1 Å². The molecule has 0 fully saturated rings. The van der Waals surface area contributed by atoms with Gasteiger partial charge in [0.15, 0.2) is 0 Å². The Bertz CT molecular complexity index is 604. The van der Waals surface area contributed by atoms with E-state index in [2.05, 4.69) is 31.9 Å². The van der Waals surface area contributed by atoms with E-state index >= 15 is 0 Å². The van der Waals surface area contributed by atoms with Gasteiger partial charge in [0.25, 0.3) is 0 Å². The van der Waals surface area contributed by atoms with Gasteiger partial charge in [0.05, 0.1) is 11.1 Å². The highest BCUT2D eigenvalue weighted by atomic mass is 79.9. The summed E-state index contributed by atoms with van der Waals surface area (Å²) in [6, 6.07) is 10.1. The molecule has 0 aliphatic rings. The van der Waals surface area contributed by atoms with Gasteiger partial charge in [-0.05, 0) is 41.5 Å². The van der Waals surface area contributed by atoms with E-state index in [0.29, 0.717) is 6.42 Å². The van der Waals surface area contributed by atoms with Crippen molar-refractivity contribution in [3.05, 3.63) is 67.3 Å². The number of hydrogen-bond donors (Lipinski definition) is 1. The smallest absolute Gasteiger partial charge is 0.141 e. The van der Waals surface area contributed by atoms with E-state index < -0.39 is 11.9 Å². The van der Waals surface area contributed by atoms with Crippen LogP contribution < -0.4 is 0 Å². The Kier molecular flexibility index (Phi) is 5.01. The van der Waals surface area contributed by atoms with Gasteiger partial charge >= 0.3 is 0 Å². The summed E-state index contributed by atoms with van der Waals surface area (Å²) in [7, 11) is 0. The first-order chi connectivity index (χ1) is 8.97. The van der Waals surface area contributed by atoms with Crippen molar-refractivity contribution in [2.75, 3.05) is 0 Å². The van der Waals surface area contributed by atoms with E-state index in [-0.39, 0.29) is 5.02 Å². The summed E-state index contributed by atoms with van der Waals surface area (Å²) in [4.78, 5) is 0. The molecule has 1 nitrogen and oxygen atoms in total. The molecule has 1 atom stereocenters. The van der Waals surface area contributed by atoms with Gasteiger partial charge < -0.3 is 5.11 Å². The summed E-state index contributed by atoms with van der Waals surface area (Å²) in [6.45, 7) is 0. The first-order valence-electron chi connectivity index (χ1n) is 5.54. The predicted octanol–water partition coefficient (Wildman–Crippen LogP) is 5.28. The second kappa shape index (κ2) is 6.35. The largest absolute Gasteiger partial charge is 0.388 e. The van der Waals surface area contributed by atoms with E-state index in [0.717, 1.165) is 20.1 Å². The minimum absolute atomic E-state index is 0.0676. The van der Waals surface area contributed by atoms with Crippen LogP contribution in [0, 0.1) is 5.82 Å². The summed E-state index contributed by atoms with van der Waals surface area (Å²) in [5.74, 6) is -0.455. The van der Waals surface area contributed by atoms with Crippen molar-refractivity contribution >= 4 is 43.5 Å². The molecule has 2 aromatic carbocycles. The fourth-order valence-electron chi connectivity index (χ4n) is 1.77. The van der Waals surface area contributed by atoms with Crippen LogP contribution in [0.5, 0.6) is 0 Å². The topological polar surface area (TPSA) is 20.2 Å². The van der Waals surface area contributed by atoms with Crippen molar-refractivity contribution in [1.29, 1.82) is 0 Å². The molecule has 0 heterocycles. The standard InChI is InChI=1S/C14H10Br2ClFO/c15-9-2-3-11(16)10(7-9)14(19)6-8-1-4-13(18)12(17)5-8/h1-5,7,14,19H,6H2. The fraction of sp³-hybridized carbons (Fsp3) is 0.143. The molecular weight excluding hydrogens is 398 g/mol. The summed E-state index contributed by atoms with van der Waals surface area (Å²) < 4.78 is 14.8. The van der Waals surface area contributed by atoms with Crippen LogP contribution in [0.25, 0.3) is 0 Å². The maximum atomic E-state index is 13.1. The van der Waals surface area contributed by atoms with Crippen LogP contribution in [0.1, 0.15) is 17.2 Å². The molecular formula is C14H10Br2ClFO. The third-order valence-corrected chi connectivity index (χ3v) is 4.24. The SMILES string of the molecule is OC(Cc1ccc(F)c(Cl)c1)c1cc(Br)ccc1Br. The van der Waals surface area contributed by atoms with Crippen molar-refractivity contribution in [1.82, 2.24) is 0 Å². The monoisotopic (exact) mass is 406 g/mol. The van der Waals surface area contributed by atoms with Crippen molar-refractivity contribution in [3.8, 4) is 0 Å². The van der Waals surface area contributed by atoms with Gasteiger partial charge in [-0.3, -0.25) is 0 Å². The molecule has 1 N–H and O–H groups in total. The third kappa shape index (κ3) is 3.78. The molecule has 0 aliphatic heterocycles. The molecule has 0 aromatic heterocycles. The van der Waals surface area contributed by atoms with Crippen molar-refractivity contribution < 1.29 is 9.50 Å². The Morgan fingerprint density at radius 1 is 1.16 bits per heavy atom. The second-order valence-corrected chi connectivity index (χ2v) is 6.31. The zero-order valence-electron chi connectivity index (χ0n) is 9.71. The number of hydrogen-bond acceptors (Lipinski definition) is 1. The van der Waals surface area contributed by atoms with E-state index in [1.54, 1.807) is 6.07 Å². The van der Waals surface area contributed by atoms with Gasteiger partial charge in [0.1, 0.15) is 5.82 Å². The molecule has 0 bridgehead atoms. The Morgan fingerprint density at radius 2 is 1.89 bits per heavy atom. The van der Waals surface area contributed by atoms with Crippen LogP contribution in [0.15, 0.2) is 45.3 Å². The molecule has 19 heavy (non-hydrogen) atoms. The van der Waals surface area contributed by atoms with Gasteiger partial charge in [-0.15, -0.1) is 0 Å². The maximum absolute atomic E-state index is 13.1. The average molecular weight is 408 g/mol. The molecule has 0 amide bonds. The lowest BCUT2D eigenvalue weighted by atomic mass is 10.0. The van der Waals surface area contributed by atoms with Crippen LogP contribution in [0.4, 0.5) is 4.39 Å². The number of halogens is 4. The number of aliphatic hydroxyl groups excluding tert-OH is 1. The molecule has 0 aliphatic carbocycles. The predicted molar refractivity (Wildman–Crippen MR) is 81.9 cm³/mol. The number of rotatable bonds is 3. The summed E-state index contributed by atoms with van der Waals surface area (Å²) in [5.41, 5.74) is 1.56. The zero-order chi connectivity index (χ0) is 14.0. The van der Waals surface area contributed by atoms with Crippen LogP contribution in [0.3, 0.4) is 0 Å². The van der Waals surface area contributed by atoms with Crippen LogP contribution in [-0.4, -0.2) is 5.11 Å². The van der Waals surface area contributed by atoms with Crippen LogP contribution in [0.2, 0.25) is 5.02 Å². The first-order valence-corrected chi connectivity index (χ1v) is 7.50. The highest BCUT2D eigenvalue weighted by molar-refractivity contribution is 9.11. The highest BCUT2D eigenvalue weighted by Crippen LogP contribution is 2.29. The molecule has 1 unspecified atom stereocenters. The van der Waals surface area contributed by atoms with Gasteiger partial charge in [-0.2, -0.15) is 0 Å². The minimum Gasteiger partial charge on any atom is -0.388 e. The zero-order valence-corrected chi connectivity index (χ0v) is 13.6. The first kappa shape index (κ1) is 15.0. The lowest BCUT2D eigenvalue weighted by Gasteiger charge is -2.14. The number of aliphatic hydroxyl groups is 1. The molecule has 0 spiro atoms. The highest BCUT2D eigenvalue weighted by Gasteiger charge is 2.13. The summed E-state index contributed by atoms with van der Waals surface area (Å²) >= 11 is 12.5. The Balaban J connectivity index is 2.22. The van der Waals surface area contributed by atoms with Crippen molar-refractivity contribution in [3.63, 3.8) is 0 Å². The Hall–Kier alpha value is -0.420. The fourth-order valence-corrected chi connectivity index (χ4v) is 2.86. The molecule has 0 radical (unpaired) electrons. The quantitative estimate of drug-likeness (QED) is 0.733. The van der Waals surface area contributed by atoms with E-state index in [9.17, 15) is 9.50 Å². The van der Waals surface area contributed by atoms with E-state index in [4.69, 9.17) is 11.6 Å². The van der Waals surface area contributed by atoms with Crippen molar-refractivity contribution in [2.24, 2.45) is 0 Å². The third-order valence-electron chi connectivity index (χ3n) is 2.73. The molecule has 0 saturated carbocycles.